The van der Waals surface area contributed by atoms with Gasteiger partial charge in [-0.2, -0.15) is 12.6 Å². The second kappa shape index (κ2) is 52.2. The van der Waals surface area contributed by atoms with Gasteiger partial charge in [0.25, 0.3) is 0 Å². The third-order valence-electron chi connectivity index (χ3n) is 14.3. The topological polar surface area (TPSA) is 852 Å². The molecule has 0 fully saturated rings. The molecular weight excluding hydrogens is 1360 g/mol. The summed E-state index contributed by atoms with van der Waals surface area (Å²) in [6.07, 6.45) is -0.994. The number of nitrogens with two attached hydrogens (primary N) is 17. The SMILES string of the molecule is CN[C@@H](CO)C(=O)N[C@H](CCCN=C(N)N)C(=O)N[C@H](CCCN=C(N)N)C(=O)N[C@H](CCCN=C(N)N)C(=O)N[C@H](CCCN=C(N)N)C(=O)N[C@H](CCCN=C(N)N)C(=O)N[C@H](CCCN=C(N)N)C(=O)N[C@H](CCCN=C(N)N)C(=O)N[C@H](CCCN=C(N)N)C(=O)N[C@H](CS)C(N)=O. The molecule has 0 saturated heterocycles. The predicted octanol–water partition coefficient (Wildman–Crippen LogP) is -14.2. The molecule has 0 aromatic carbocycles. The summed E-state index contributed by atoms with van der Waals surface area (Å²) in [5, 5.41) is 35.8. The number of aliphatic hydroxyl groups excluding tert-OH is 1. The Morgan fingerprint density at radius 2 is 0.402 bits per heavy atom. The highest BCUT2D eigenvalue weighted by molar-refractivity contribution is 7.80. The van der Waals surface area contributed by atoms with Crippen LogP contribution in [-0.2, 0) is 47.9 Å². The summed E-state index contributed by atoms with van der Waals surface area (Å²) in [6.45, 7) is -0.981. The van der Waals surface area contributed by atoms with E-state index in [9.17, 15) is 53.1 Å². The molecule has 46 nitrogen and oxygen atoms in total. The van der Waals surface area contributed by atoms with Crippen LogP contribution in [0.15, 0.2) is 39.9 Å². The van der Waals surface area contributed by atoms with Crippen molar-refractivity contribution in [2.24, 2.45) is 137 Å². The molecule has 102 heavy (non-hydrogen) atoms. The van der Waals surface area contributed by atoms with Gasteiger partial charge in [0.15, 0.2) is 47.7 Å². The number of aliphatic hydroxyl groups is 1. The van der Waals surface area contributed by atoms with Gasteiger partial charge in [-0.25, -0.2) is 0 Å². The number of primary amides is 1. The van der Waals surface area contributed by atoms with Gasteiger partial charge in [0.2, 0.25) is 59.1 Å². The number of likely N-dealkylation sites (N-methyl/N-ethyl adjacent to an activating group) is 1. The van der Waals surface area contributed by atoms with E-state index in [2.05, 4.69) is 106 Å². The summed E-state index contributed by atoms with van der Waals surface area (Å²) in [5.41, 5.74) is 94.4. The number of guanidine groups is 8. The monoisotopic (exact) mass is 1470 g/mol. The largest absolute Gasteiger partial charge is 0.394 e. The maximum absolute atomic E-state index is 14.9. The molecule has 0 aromatic rings. The smallest absolute Gasteiger partial charge is 0.243 e. The fourth-order valence-electron chi connectivity index (χ4n) is 9.14. The van der Waals surface area contributed by atoms with E-state index in [4.69, 9.17) is 97.5 Å². The van der Waals surface area contributed by atoms with Crippen LogP contribution in [0.25, 0.3) is 0 Å². The van der Waals surface area contributed by atoms with Gasteiger partial charge < -0.3 is 156 Å². The van der Waals surface area contributed by atoms with Crippen molar-refractivity contribution in [2.45, 2.75) is 163 Å². The van der Waals surface area contributed by atoms with Crippen molar-refractivity contribution in [3.05, 3.63) is 0 Å². The number of aliphatic imine (C=N–C) groups is 8. The van der Waals surface area contributed by atoms with E-state index in [1.807, 2.05) is 0 Å². The molecule has 0 rings (SSSR count). The lowest BCUT2D eigenvalue weighted by atomic mass is 10.0. The molecule has 45 N–H and O–H groups in total. The molecule has 0 bridgehead atoms. The van der Waals surface area contributed by atoms with Crippen molar-refractivity contribution in [2.75, 3.05) is 71.8 Å². The van der Waals surface area contributed by atoms with Crippen LogP contribution in [0.4, 0.5) is 0 Å². The molecule has 0 aliphatic heterocycles. The van der Waals surface area contributed by atoms with Crippen LogP contribution in [-0.4, -0.2) is 244 Å². The molecule has 0 aliphatic rings. The van der Waals surface area contributed by atoms with Crippen LogP contribution in [0, 0.1) is 0 Å². The van der Waals surface area contributed by atoms with E-state index in [0.29, 0.717) is 0 Å². The summed E-state index contributed by atoms with van der Waals surface area (Å²) >= 11 is 4.09. The number of hydrogen-bond donors (Lipinski definition) is 29. The molecule has 0 unspecified atom stereocenters. The van der Waals surface area contributed by atoms with Gasteiger partial charge in [0.05, 0.1) is 6.61 Å². The van der Waals surface area contributed by atoms with Gasteiger partial charge in [0.1, 0.15) is 60.4 Å². The van der Waals surface area contributed by atoms with Gasteiger partial charge in [-0.3, -0.25) is 87.9 Å². The first-order valence-corrected chi connectivity index (χ1v) is 33.1. The lowest BCUT2D eigenvalue weighted by Gasteiger charge is -2.28. The van der Waals surface area contributed by atoms with Crippen molar-refractivity contribution < 1.29 is 53.1 Å². The molecule has 578 valence electrons. The number of carbonyl (C=O) groups excluding carboxylic acids is 10. The Balaban J connectivity index is 7.91. The number of rotatable bonds is 54. The second-order valence-electron chi connectivity index (χ2n) is 22.7. The van der Waals surface area contributed by atoms with E-state index < -0.39 is 126 Å². The van der Waals surface area contributed by atoms with E-state index in [-0.39, 0.29) is 209 Å². The molecule has 0 radical (unpaired) electrons. The molecule has 10 amide bonds. The summed E-state index contributed by atoms with van der Waals surface area (Å²) in [6, 6.07) is -14.4. The molecule has 10 atom stereocenters. The highest BCUT2D eigenvalue weighted by atomic mass is 32.1. The Kier molecular flexibility index (Phi) is 46.6. The quantitative estimate of drug-likeness (QED) is 0.0116. The third kappa shape index (κ3) is 42.8. The second-order valence-corrected chi connectivity index (χ2v) is 23.1. The van der Waals surface area contributed by atoms with Gasteiger partial charge >= 0.3 is 0 Å². The summed E-state index contributed by atoms with van der Waals surface area (Å²) in [4.78, 5) is 173. The Bertz CT molecular complexity index is 2900. The highest BCUT2D eigenvalue weighted by Gasteiger charge is 2.36. The fraction of sp³-hybridized carbons (Fsp3) is 0.673. The van der Waals surface area contributed by atoms with Gasteiger partial charge in [-0.1, -0.05) is 0 Å². The number of carbonyl (C=O) groups is 10. The van der Waals surface area contributed by atoms with Crippen LogP contribution < -0.4 is 151 Å². The van der Waals surface area contributed by atoms with Crippen molar-refractivity contribution in [1.29, 1.82) is 0 Å². The number of hydrogen-bond acceptors (Lipinski definition) is 21. The van der Waals surface area contributed by atoms with Crippen LogP contribution in [0.3, 0.4) is 0 Å². The first-order valence-electron chi connectivity index (χ1n) is 32.5. The maximum atomic E-state index is 14.9. The van der Waals surface area contributed by atoms with Crippen molar-refractivity contribution in [3.8, 4) is 0 Å². The van der Waals surface area contributed by atoms with Crippen LogP contribution >= 0.6 is 12.6 Å². The van der Waals surface area contributed by atoms with Gasteiger partial charge in [0, 0.05) is 58.1 Å². The van der Waals surface area contributed by atoms with Crippen LogP contribution in [0.1, 0.15) is 103 Å². The normalized spacial score (nSPS) is 13.6. The average Bonchev–Trinajstić information content (AvgIpc) is 0.862. The lowest BCUT2D eigenvalue weighted by Crippen LogP contribution is -2.60. The summed E-state index contributed by atoms with van der Waals surface area (Å²) < 4.78 is 0. The fourth-order valence-corrected chi connectivity index (χ4v) is 9.41. The van der Waals surface area contributed by atoms with Crippen LogP contribution in [0.2, 0.25) is 0 Å². The van der Waals surface area contributed by atoms with Gasteiger partial charge in [-0.15, -0.1) is 0 Å². The molecule has 47 heteroatoms. The average molecular weight is 1470 g/mol. The maximum Gasteiger partial charge on any atom is 0.243 e. The predicted molar refractivity (Wildman–Crippen MR) is 390 cm³/mol. The van der Waals surface area contributed by atoms with E-state index in [0.717, 1.165) is 0 Å². The zero-order chi connectivity index (χ0) is 77.3. The Hall–Kier alpha value is -10.9. The number of nitrogens with one attached hydrogen (secondary N) is 10. The van der Waals surface area contributed by atoms with E-state index in [1.165, 1.54) is 7.05 Å². The van der Waals surface area contributed by atoms with Crippen molar-refractivity contribution in [1.82, 2.24) is 53.2 Å². The minimum absolute atomic E-state index is 0.00380. The minimum Gasteiger partial charge on any atom is -0.394 e. The molecule has 0 aromatic heterocycles. The molecule has 0 saturated carbocycles. The minimum atomic E-state index is -1.58. The molecular formula is C55H111N35O11S. The zero-order valence-electron chi connectivity index (χ0n) is 57.5. The summed E-state index contributed by atoms with van der Waals surface area (Å²) in [7, 11) is 1.41. The first kappa shape index (κ1) is 91.1. The summed E-state index contributed by atoms with van der Waals surface area (Å²) in [5.74, 6) is -11.7. The van der Waals surface area contributed by atoms with Crippen LogP contribution in [0.5, 0.6) is 0 Å². The number of amides is 10. The highest BCUT2D eigenvalue weighted by Crippen LogP contribution is 2.12. The van der Waals surface area contributed by atoms with Crippen molar-refractivity contribution >= 4 is 119 Å². The first-order chi connectivity index (χ1) is 48.1. The molecule has 0 spiro atoms. The van der Waals surface area contributed by atoms with Gasteiger partial charge in [-0.05, 0) is 110 Å². The van der Waals surface area contributed by atoms with Crippen molar-refractivity contribution in [3.63, 3.8) is 0 Å². The standard InChI is InChI=1S/C55H111N35O11S/c1-73-36(26-91)47(101)89-34(16-8-24-80-54(69)70)45(99)87-32(14-6-22-78-52(65)66)43(97)85-30(12-4-20-76-50(61)62)41(95)83-28(10-2-18-74-48(57)58)39(93)82-29(11-3-19-75-49(59)60)40(94)84-31(13-5-21-77-51(63)64)42(96)86-33(15-7-23-79-53(67)68)44(98)88-35(17-9-25-81-55(71)72)46(100)90-37(27-102)38(56)92/h28-37,73,91,102H,2-27H2,1H3,(H2,56,92)(H,82,93)(H,83,95)(H,84,94)(H,85,97)(H,86,96)(H,87,99)(H,88,98)(H,89,101)(H,90,100)(H4,57,58,74)(H4,59,60,75)(H4,61,62,76)(H4,63,64,77)(H4,65,66,78)(H4,67,68,79)(H4,69,70,80)(H4,71,72,81)/t28-,29-,30-,31-,32-,33-,34-,35-,36+,37-/m1/s1. The third-order valence-corrected chi connectivity index (χ3v) is 14.7. The van der Waals surface area contributed by atoms with E-state index >= 15 is 0 Å². The Morgan fingerprint density at radius 1 is 0.265 bits per heavy atom. The molecule has 0 aliphatic carbocycles. The number of thiol groups is 1. The Morgan fingerprint density at radius 3 is 0.510 bits per heavy atom. The number of nitrogens with zero attached hydrogens (tertiary/aromatic N) is 8. The lowest BCUT2D eigenvalue weighted by molar-refractivity contribution is -0.136. The molecule has 0 heterocycles. The van der Waals surface area contributed by atoms with E-state index in [1.54, 1.807) is 0 Å². The Labute approximate surface area is 595 Å². The zero-order valence-corrected chi connectivity index (χ0v) is 58.4.